The van der Waals surface area contributed by atoms with Gasteiger partial charge in [-0.3, -0.25) is 0 Å². The quantitative estimate of drug-likeness (QED) is 0.574. The third-order valence-corrected chi connectivity index (χ3v) is 2.00. The standard InChI is InChI=1S/C10H16O2/c1-9(11)6-4-3-5-7-10(2,12)8-9/h3-6,11-12H,7-8H2,1-2H3. The third-order valence-electron chi connectivity index (χ3n) is 2.00. The van der Waals surface area contributed by atoms with Crippen LogP contribution in [0.5, 0.6) is 0 Å². The lowest BCUT2D eigenvalue weighted by molar-refractivity contribution is -0.0196. The Morgan fingerprint density at radius 3 is 2.50 bits per heavy atom. The molecule has 0 bridgehead atoms. The van der Waals surface area contributed by atoms with Crippen molar-refractivity contribution in [3.05, 3.63) is 24.3 Å². The van der Waals surface area contributed by atoms with E-state index in [4.69, 9.17) is 0 Å². The van der Waals surface area contributed by atoms with Gasteiger partial charge in [-0.2, -0.15) is 0 Å². The number of aliphatic hydroxyl groups is 2. The van der Waals surface area contributed by atoms with Crippen LogP contribution in [0.15, 0.2) is 24.3 Å². The van der Waals surface area contributed by atoms with E-state index in [2.05, 4.69) is 0 Å². The molecule has 0 saturated heterocycles. The lowest BCUT2D eigenvalue weighted by Gasteiger charge is -2.30. The van der Waals surface area contributed by atoms with E-state index < -0.39 is 11.2 Å². The molecular formula is C10H16O2. The maximum absolute atomic E-state index is 9.77. The molecule has 2 atom stereocenters. The van der Waals surface area contributed by atoms with Crippen LogP contribution >= 0.6 is 0 Å². The summed E-state index contributed by atoms with van der Waals surface area (Å²) in [5.74, 6) is 0. The summed E-state index contributed by atoms with van der Waals surface area (Å²) in [7, 11) is 0. The smallest absolute Gasteiger partial charge is 0.0830 e. The zero-order valence-corrected chi connectivity index (χ0v) is 7.62. The van der Waals surface area contributed by atoms with Crippen LogP contribution in [0.25, 0.3) is 0 Å². The molecule has 0 spiro atoms. The maximum atomic E-state index is 9.77. The average Bonchev–Trinajstić information content (AvgIpc) is 1.80. The normalized spacial score (nSPS) is 42.3. The van der Waals surface area contributed by atoms with E-state index in [0.717, 1.165) is 0 Å². The van der Waals surface area contributed by atoms with Crippen molar-refractivity contribution in [2.75, 3.05) is 0 Å². The first-order valence-electron chi connectivity index (χ1n) is 4.20. The highest BCUT2D eigenvalue weighted by Crippen LogP contribution is 2.26. The molecule has 12 heavy (non-hydrogen) atoms. The van der Waals surface area contributed by atoms with E-state index in [1.165, 1.54) is 0 Å². The molecule has 0 fully saturated rings. The molecule has 0 radical (unpaired) electrons. The third kappa shape index (κ3) is 2.80. The molecule has 1 aliphatic rings. The Morgan fingerprint density at radius 2 is 1.83 bits per heavy atom. The van der Waals surface area contributed by atoms with E-state index >= 15 is 0 Å². The zero-order chi connectivity index (χ0) is 9.24. The molecule has 0 amide bonds. The summed E-state index contributed by atoms with van der Waals surface area (Å²) in [5, 5.41) is 19.5. The van der Waals surface area contributed by atoms with Gasteiger partial charge in [0.05, 0.1) is 11.2 Å². The van der Waals surface area contributed by atoms with Gasteiger partial charge < -0.3 is 10.2 Å². The predicted octanol–water partition coefficient (Wildman–Crippen LogP) is 1.39. The van der Waals surface area contributed by atoms with Gasteiger partial charge >= 0.3 is 0 Å². The molecule has 2 unspecified atom stereocenters. The minimum Gasteiger partial charge on any atom is -0.390 e. The van der Waals surface area contributed by atoms with Crippen molar-refractivity contribution < 1.29 is 10.2 Å². The van der Waals surface area contributed by atoms with Crippen LogP contribution in [0.3, 0.4) is 0 Å². The summed E-state index contributed by atoms with van der Waals surface area (Å²) in [6, 6.07) is 0. The van der Waals surface area contributed by atoms with E-state index in [9.17, 15) is 10.2 Å². The Balaban J connectivity index is 2.82. The van der Waals surface area contributed by atoms with Crippen LogP contribution in [0.4, 0.5) is 0 Å². The van der Waals surface area contributed by atoms with Gasteiger partial charge in [0.2, 0.25) is 0 Å². The van der Waals surface area contributed by atoms with Gasteiger partial charge in [-0.1, -0.05) is 24.3 Å². The Bertz CT molecular complexity index is 212. The molecule has 0 aromatic rings. The minimum absolute atomic E-state index is 0.376. The number of allylic oxidation sites excluding steroid dienone is 2. The SMILES string of the molecule is CC1(O)C=CC=CCC(C)(O)C1. The monoisotopic (exact) mass is 168 g/mol. The topological polar surface area (TPSA) is 40.5 Å². The van der Waals surface area contributed by atoms with Crippen molar-refractivity contribution in [3.8, 4) is 0 Å². The van der Waals surface area contributed by atoms with E-state index in [-0.39, 0.29) is 0 Å². The van der Waals surface area contributed by atoms with E-state index in [0.29, 0.717) is 12.8 Å². The molecule has 0 heterocycles. The second-order valence-electron chi connectivity index (χ2n) is 4.02. The second kappa shape index (κ2) is 3.04. The molecule has 2 nitrogen and oxygen atoms in total. The van der Waals surface area contributed by atoms with Gasteiger partial charge in [-0.25, -0.2) is 0 Å². The summed E-state index contributed by atoms with van der Waals surface area (Å²) in [6.45, 7) is 3.45. The van der Waals surface area contributed by atoms with Gasteiger partial charge in [-0.05, 0) is 20.3 Å². The Morgan fingerprint density at radius 1 is 1.17 bits per heavy atom. The van der Waals surface area contributed by atoms with Gasteiger partial charge in [0, 0.05) is 6.42 Å². The first kappa shape index (κ1) is 9.49. The molecular weight excluding hydrogens is 152 g/mol. The summed E-state index contributed by atoms with van der Waals surface area (Å²) >= 11 is 0. The van der Waals surface area contributed by atoms with Gasteiger partial charge in [0.1, 0.15) is 0 Å². The van der Waals surface area contributed by atoms with Crippen molar-refractivity contribution in [3.63, 3.8) is 0 Å². The number of hydrogen-bond donors (Lipinski definition) is 2. The average molecular weight is 168 g/mol. The van der Waals surface area contributed by atoms with Gasteiger partial charge in [0.25, 0.3) is 0 Å². The first-order valence-corrected chi connectivity index (χ1v) is 4.20. The Hall–Kier alpha value is -0.600. The van der Waals surface area contributed by atoms with Gasteiger partial charge in [0.15, 0.2) is 0 Å². The fraction of sp³-hybridized carbons (Fsp3) is 0.600. The molecule has 68 valence electrons. The van der Waals surface area contributed by atoms with Crippen LogP contribution in [-0.2, 0) is 0 Å². The Labute approximate surface area is 73.2 Å². The number of hydrogen-bond acceptors (Lipinski definition) is 2. The number of rotatable bonds is 0. The van der Waals surface area contributed by atoms with Crippen LogP contribution in [0.2, 0.25) is 0 Å². The molecule has 0 aromatic carbocycles. The Kier molecular flexibility index (Phi) is 2.40. The molecule has 1 aliphatic carbocycles. The van der Waals surface area contributed by atoms with Crippen molar-refractivity contribution in [1.82, 2.24) is 0 Å². The highest BCUT2D eigenvalue weighted by atomic mass is 16.3. The highest BCUT2D eigenvalue weighted by Gasteiger charge is 2.29. The molecule has 2 heteroatoms. The molecule has 1 rings (SSSR count). The summed E-state index contributed by atoms with van der Waals surface area (Å²) in [6.07, 6.45) is 8.24. The second-order valence-corrected chi connectivity index (χ2v) is 4.02. The van der Waals surface area contributed by atoms with E-state index in [1.807, 2.05) is 18.2 Å². The van der Waals surface area contributed by atoms with Crippen LogP contribution in [0.1, 0.15) is 26.7 Å². The first-order chi connectivity index (χ1) is 5.41. The summed E-state index contributed by atoms with van der Waals surface area (Å²) < 4.78 is 0. The minimum atomic E-state index is -0.895. The largest absolute Gasteiger partial charge is 0.390 e. The van der Waals surface area contributed by atoms with E-state index in [1.54, 1.807) is 19.9 Å². The highest BCUT2D eigenvalue weighted by molar-refractivity contribution is 5.13. The van der Waals surface area contributed by atoms with Crippen molar-refractivity contribution in [2.24, 2.45) is 0 Å². The fourth-order valence-corrected chi connectivity index (χ4v) is 1.57. The fourth-order valence-electron chi connectivity index (χ4n) is 1.57. The van der Waals surface area contributed by atoms with Crippen molar-refractivity contribution in [2.45, 2.75) is 37.9 Å². The molecule has 0 aromatic heterocycles. The summed E-state index contributed by atoms with van der Waals surface area (Å²) in [4.78, 5) is 0. The predicted molar refractivity (Wildman–Crippen MR) is 48.8 cm³/mol. The lowest BCUT2D eigenvalue weighted by Crippen LogP contribution is -2.36. The molecule has 0 saturated carbocycles. The van der Waals surface area contributed by atoms with Crippen molar-refractivity contribution in [1.29, 1.82) is 0 Å². The lowest BCUT2D eigenvalue weighted by atomic mass is 9.85. The molecule has 2 N–H and O–H groups in total. The van der Waals surface area contributed by atoms with Gasteiger partial charge in [-0.15, -0.1) is 0 Å². The van der Waals surface area contributed by atoms with Crippen LogP contribution < -0.4 is 0 Å². The maximum Gasteiger partial charge on any atom is 0.0830 e. The van der Waals surface area contributed by atoms with Crippen LogP contribution in [0, 0.1) is 0 Å². The summed E-state index contributed by atoms with van der Waals surface area (Å²) in [5.41, 5.74) is -1.70. The zero-order valence-electron chi connectivity index (χ0n) is 7.62. The molecule has 0 aliphatic heterocycles. The van der Waals surface area contributed by atoms with Crippen LogP contribution in [-0.4, -0.2) is 21.4 Å². The van der Waals surface area contributed by atoms with Crippen molar-refractivity contribution >= 4 is 0 Å².